The molecular weight excluding hydrogens is 204 g/mol. The third kappa shape index (κ3) is 4.10. The van der Waals surface area contributed by atoms with Gasteiger partial charge in [-0.2, -0.15) is 0 Å². The smallest absolute Gasteiger partial charge is 0.222 e. The lowest BCUT2D eigenvalue weighted by molar-refractivity contribution is -0.134. The van der Waals surface area contributed by atoms with Gasteiger partial charge in [0.2, 0.25) is 5.91 Å². The Labute approximate surface area is 97.8 Å². The summed E-state index contributed by atoms with van der Waals surface area (Å²) in [5.74, 6) is 0.958. The maximum Gasteiger partial charge on any atom is 0.222 e. The number of hydrogen-bond donors (Lipinski definition) is 2. The van der Waals surface area contributed by atoms with E-state index in [2.05, 4.69) is 0 Å². The number of carbonyl (C=O) groups is 1. The molecule has 1 heterocycles. The molecule has 1 amide bonds. The molecule has 94 valence electrons. The van der Waals surface area contributed by atoms with Crippen LogP contribution in [0, 0.1) is 11.8 Å². The lowest BCUT2D eigenvalue weighted by Gasteiger charge is -2.36. The van der Waals surface area contributed by atoms with Crippen LogP contribution in [-0.2, 0) is 4.79 Å². The minimum Gasteiger partial charge on any atom is -0.396 e. The van der Waals surface area contributed by atoms with Crippen molar-refractivity contribution in [2.75, 3.05) is 19.7 Å². The van der Waals surface area contributed by atoms with E-state index >= 15 is 0 Å². The lowest BCUT2D eigenvalue weighted by Crippen LogP contribution is -2.49. The van der Waals surface area contributed by atoms with Crippen LogP contribution in [0.5, 0.6) is 0 Å². The normalized spacial score (nSPS) is 26.2. The molecule has 16 heavy (non-hydrogen) atoms. The molecule has 2 atom stereocenters. The summed E-state index contributed by atoms with van der Waals surface area (Å²) in [5.41, 5.74) is 5.94. The molecule has 0 aliphatic carbocycles. The number of amides is 1. The Hall–Kier alpha value is -0.610. The van der Waals surface area contributed by atoms with Gasteiger partial charge >= 0.3 is 0 Å². The molecule has 0 aromatic carbocycles. The summed E-state index contributed by atoms with van der Waals surface area (Å²) < 4.78 is 0. The first-order valence-electron chi connectivity index (χ1n) is 6.17. The molecule has 1 saturated heterocycles. The predicted molar refractivity (Wildman–Crippen MR) is 63.8 cm³/mol. The molecule has 0 spiro atoms. The van der Waals surface area contributed by atoms with Crippen LogP contribution in [0.25, 0.3) is 0 Å². The maximum absolute atomic E-state index is 11.9. The highest BCUT2D eigenvalue weighted by Crippen LogP contribution is 2.20. The number of piperidine rings is 1. The summed E-state index contributed by atoms with van der Waals surface area (Å²) >= 11 is 0. The number of nitrogens with two attached hydrogens (primary N) is 1. The van der Waals surface area contributed by atoms with Crippen LogP contribution < -0.4 is 5.73 Å². The molecule has 1 rings (SSSR count). The molecule has 0 aromatic heterocycles. The second-order valence-electron chi connectivity index (χ2n) is 5.27. The number of rotatable bonds is 4. The van der Waals surface area contributed by atoms with Crippen LogP contribution in [-0.4, -0.2) is 41.7 Å². The molecule has 1 fully saturated rings. The third-order valence-corrected chi connectivity index (χ3v) is 3.04. The summed E-state index contributed by atoms with van der Waals surface area (Å²) in [4.78, 5) is 13.8. The van der Waals surface area contributed by atoms with Gasteiger partial charge in [-0.3, -0.25) is 4.79 Å². The molecule has 0 aromatic rings. The van der Waals surface area contributed by atoms with Crippen molar-refractivity contribution in [2.45, 2.75) is 39.2 Å². The summed E-state index contributed by atoms with van der Waals surface area (Å²) in [7, 11) is 0. The van der Waals surface area contributed by atoms with E-state index in [-0.39, 0.29) is 18.6 Å². The topological polar surface area (TPSA) is 66.6 Å². The number of aliphatic hydroxyl groups is 1. The first kappa shape index (κ1) is 13.5. The number of nitrogens with zero attached hydrogens (tertiary/aromatic N) is 1. The van der Waals surface area contributed by atoms with Gasteiger partial charge in [-0.15, -0.1) is 0 Å². The summed E-state index contributed by atoms with van der Waals surface area (Å²) in [5, 5.41) is 8.93. The van der Waals surface area contributed by atoms with E-state index in [9.17, 15) is 4.79 Å². The fourth-order valence-corrected chi connectivity index (χ4v) is 2.32. The van der Waals surface area contributed by atoms with Gasteiger partial charge in [0.05, 0.1) is 0 Å². The highest BCUT2D eigenvalue weighted by molar-refractivity contribution is 5.76. The fraction of sp³-hybridized carbons (Fsp3) is 0.917. The van der Waals surface area contributed by atoms with Crippen LogP contribution in [0.2, 0.25) is 0 Å². The van der Waals surface area contributed by atoms with Crippen molar-refractivity contribution >= 4 is 5.91 Å². The van der Waals surface area contributed by atoms with Crippen molar-refractivity contribution in [3.8, 4) is 0 Å². The maximum atomic E-state index is 11.9. The Morgan fingerprint density at radius 2 is 2.19 bits per heavy atom. The first-order valence-corrected chi connectivity index (χ1v) is 6.17. The van der Waals surface area contributed by atoms with Crippen molar-refractivity contribution in [2.24, 2.45) is 17.6 Å². The fourth-order valence-electron chi connectivity index (χ4n) is 2.32. The van der Waals surface area contributed by atoms with E-state index in [1.165, 1.54) is 0 Å². The molecule has 1 aliphatic rings. The molecule has 3 N–H and O–H groups in total. The minimum atomic E-state index is 0.0708. The van der Waals surface area contributed by atoms with Crippen molar-refractivity contribution in [1.29, 1.82) is 0 Å². The van der Waals surface area contributed by atoms with E-state index in [4.69, 9.17) is 10.8 Å². The van der Waals surface area contributed by atoms with Crippen LogP contribution in [0.1, 0.15) is 33.1 Å². The largest absolute Gasteiger partial charge is 0.396 e. The quantitative estimate of drug-likeness (QED) is 0.740. The van der Waals surface area contributed by atoms with Gasteiger partial charge in [-0.05, 0) is 24.7 Å². The average Bonchev–Trinajstić information content (AvgIpc) is 2.16. The van der Waals surface area contributed by atoms with Crippen LogP contribution in [0.3, 0.4) is 0 Å². The van der Waals surface area contributed by atoms with Gasteiger partial charge in [0.1, 0.15) is 0 Å². The van der Waals surface area contributed by atoms with Gasteiger partial charge in [0.25, 0.3) is 0 Å². The second-order valence-corrected chi connectivity index (χ2v) is 5.27. The molecular formula is C12H24N2O2. The summed E-state index contributed by atoms with van der Waals surface area (Å²) in [6.45, 7) is 5.72. The van der Waals surface area contributed by atoms with Crippen molar-refractivity contribution < 1.29 is 9.90 Å². The van der Waals surface area contributed by atoms with Gasteiger partial charge in [-0.1, -0.05) is 13.8 Å². The van der Waals surface area contributed by atoms with Gasteiger partial charge in [0.15, 0.2) is 0 Å². The molecule has 0 radical (unpaired) electrons. The van der Waals surface area contributed by atoms with E-state index in [0.717, 1.165) is 19.4 Å². The Morgan fingerprint density at radius 3 is 2.75 bits per heavy atom. The monoisotopic (exact) mass is 228 g/mol. The van der Waals surface area contributed by atoms with Crippen molar-refractivity contribution in [1.82, 2.24) is 4.90 Å². The molecule has 4 nitrogen and oxygen atoms in total. The molecule has 2 unspecified atom stereocenters. The van der Waals surface area contributed by atoms with Crippen LogP contribution >= 0.6 is 0 Å². The zero-order valence-electron chi connectivity index (χ0n) is 10.4. The van der Waals surface area contributed by atoms with E-state index < -0.39 is 0 Å². The third-order valence-electron chi connectivity index (χ3n) is 3.04. The van der Waals surface area contributed by atoms with Crippen molar-refractivity contribution in [3.05, 3.63) is 0 Å². The van der Waals surface area contributed by atoms with Gasteiger partial charge in [-0.25, -0.2) is 0 Å². The Morgan fingerprint density at radius 1 is 1.50 bits per heavy atom. The zero-order chi connectivity index (χ0) is 12.1. The second kappa shape index (κ2) is 6.21. The summed E-state index contributed by atoms with van der Waals surface area (Å²) in [6.07, 6.45) is 2.27. The van der Waals surface area contributed by atoms with Crippen LogP contribution in [0.15, 0.2) is 0 Å². The molecule has 0 bridgehead atoms. The van der Waals surface area contributed by atoms with E-state index in [0.29, 0.717) is 24.8 Å². The lowest BCUT2D eigenvalue weighted by atomic mass is 9.91. The first-order chi connectivity index (χ1) is 7.52. The SMILES string of the molecule is CC(C)CC(=O)N1CC(N)CC(CCO)C1. The Balaban J connectivity index is 2.49. The number of likely N-dealkylation sites (tertiary alicyclic amines) is 1. The number of carbonyl (C=O) groups excluding carboxylic acids is 1. The van der Waals surface area contributed by atoms with E-state index in [1.807, 2.05) is 18.7 Å². The number of hydrogen-bond acceptors (Lipinski definition) is 3. The molecule has 1 aliphatic heterocycles. The predicted octanol–water partition coefficient (Wildman–Crippen LogP) is 0.591. The highest BCUT2D eigenvalue weighted by atomic mass is 16.3. The summed E-state index contributed by atoms with van der Waals surface area (Å²) in [6, 6.07) is 0.0708. The Kier molecular flexibility index (Phi) is 5.22. The standard InChI is InChI=1S/C12H24N2O2/c1-9(2)5-12(16)14-7-10(3-4-15)6-11(13)8-14/h9-11,15H,3-8,13H2,1-2H3. The van der Waals surface area contributed by atoms with Gasteiger partial charge in [0, 0.05) is 32.2 Å². The van der Waals surface area contributed by atoms with Crippen molar-refractivity contribution in [3.63, 3.8) is 0 Å². The average molecular weight is 228 g/mol. The number of aliphatic hydroxyl groups excluding tert-OH is 1. The van der Waals surface area contributed by atoms with Gasteiger partial charge < -0.3 is 15.7 Å². The molecule has 4 heteroatoms. The zero-order valence-corrected chi connectivity index (χ0v) is 10.4. The minimum absolute atomic E-state index is 0.0708. The van der Waals surface area contributed by atoms with E-state index in [1.54, 1.807) is 0 Å². The Bertz CT molecular complexity index is 231. The molecule has 0 saturated carbocycles. The highest BCUT2D eigenvalue weighted by Gasteiger charge is 2.27. The van der Waals surface area contributed by atoms with Crippen LogP contribution in [0.4, 0.5) is 0 Å².